The van der Waals surface area contributed by atoms with Crippen molar-refractivity contribution in [1.29, 1.82) is 0 Å². The minimum atomic E-state index is 0.617. The molecule has 6 nitrogen and oxygen atoms in total. The van der Waals surface area contributed by atoms with Gasteiger partial charge in [0.05, 0.1) is 6.54 Å². The summed E-state index contributed by atoms with van der Waals surface area (Å²) in [6.07, 6.45) is 4.42. The molecule has 23 heavy (non-hydrogen) atoms. The van der Waals surface area contributed by atoms with Gasteiger partial charge in [0.1, 0.15) is 5.82 Å². The number of piperazine rings is 1. The van der Waals surface area contributed by atoms with Gasteiger partial charge in [-0.3, -0.25) is 0 Å². The topological polar surface area (TPSA) is 55.8 Å². The van der Waals surface area contributed by atoms with Gasteiger partial charge < -0.3 is 20.4 Å². The molecule has 3 rings (SSSR count). The molecule has 1 saturated heterocycles. The third-order valence-corrected chi connectivity index (χ3v) is 4.32. The van der Waals surface area contributed by atoms with Gasteiger partial charge in [-0.1, -0.05) is 0 Å². The molecule has 1 aliphatic heterocycles. The lowest BCUT2D eigenvalue weighted by atomic mass is 10.2. The highest BCUT2D eigenvalue weighted by Crippen LogP contribution is 2.18. The number of pyridine rings is 1. The summed E-state index contributed by atoms with van der Waals surface area (Å²) in [6.45, 7) is 7.96. The lowest BCUT2D eigenvalue weighted by Gasteiger charge is -2.33. The van der Waals surface area contributed by atoms with Gasteiger partial charge in [-0.15, -0.1) is 0 Å². The number of nitrogens with zero attached hydrogens (tertiary/aromatic N) is 4. The van der Waals surface area contributed by atoms with E-state index < -0.39 is 0 Å². The third kappa shape index (κ3) is 4.82. The number of guanidine groups is 1. The van der Waals surface area contributed by atoms with E-state index in [0.717, 1.165) is 44.5 Å². The molecule has 6 heteroatoms. The van der Waals surface area contributed by atoms with Crippen molar-refractivity contribution >= 4 is 11.8 Å². The van der Waals surface area contributed by atoms with Crippen molar-refractivity contribution in [2.45, 2.75) is 32.4 Å². The van der Waals surface area contributed by atoms with Crippen LogP contribution in [-0.4, -0.2) is 61.7 Å². The second-order valence-corrected chi connectivity index (χ2v) is 6.43. The van der Waals surface area contributed by atoms with Crippen molar-refractivity contribution in [2.75, 3.05) is 44.7 Å². The van der Waals surface area contributed by atoms with Gasteiger partial charge >= 0.3 is 0 Å². The molecule has 0 amide bonds. The molecule has 2 aliphatic rings. The molecule has 1 aromatic heterocycles. The zero-order valence-electron chi connectivity index (χ0n) is 14.3. The second kappa shape index (κ2) is 7.64. The first-order valence-corrected chi connectivity index (χ1v) is 8.68. The van der Waals surface area contributed by atoms with Gasteiger partial charge in [0.25, 0.3) is 0 Å². The molecule has 0 aromatic carbocycles. The van der Waals surface area contributed by atoms with Crippen LogP contribution in [0, 0.1) is 0 Å². The Morgan fingerprint density at radius 2 is 2.09 bits per heavy atom. The second-order valence-electron chi connectivity index (χ2n) is 6.43. The van der Waals surface area contributed by atoms with E-state index in [9.17, 15) is 0 Å². The molecule has 1 aliphatic carbocycles. The van der Waals surface area contributed by atoms with Gasteiger partial charge in [0, 0.05) is 45.0 Å². The van der Waals surface area contributed by atoms with Crippen LogP contribution in [0.15, 0.2) is 23.3 Å². The van der Waals surface area contributed by atoms with Gasteiger partial charge in [0.2, 0.25) is 0 Å². The summed E-state index contributed by atoms with van der Waals surface area (Å²) in [6, 6.07) is 4.85. The normalized spacial score (nSPS) is 19.7. The van der Waals surface area contributed by atoms with Crippen LogP contribution in [-0.2, 0) is 6.54 Å². The summed E-state index contributed by atoms with van der Waals surface area (Å²) in [5.74, 6) is 2.00. The Balaban J connectivity index is 1.62. The summed E-state index contributed by atoms with van der Waals surface area (Å²) < 4.78 is 0. The van der Waals surface area contributed by atoms with Crippen molar-refractivity contribution in [3.8, 4) is 0 Å². The Morgan fingerprint density at radius 1 is 1.30 bits per heavy atom. The molecule has 0 unspecified atom stereocenters. The smallest absolute Gasteiger partial charge is 0.191 e. The highest BCUT2D eigenvalue weighted by molar-refractivity contribution is 5.80. The average Bonchev–Trinajstić information content (AvgIpc) is 3.38. The molecule has 0 spiro atoms. The molecule has 2 N–H and O–H groups in total. The summed E-state index contributed by atoms with van der Waals surface area (Å²) in [4.78, 5) is 14.0. The molecule has 1 aromatic rings. The lowest BCUT2D eigenvalue weighted by molar-refractivity contribution is 0.312. The first-order valence-electron chi connectivity index (χ1n) is 8.68. The number of aliphatic imine (C=N–C) groups is 1. The van der Waals surface area contributed by atoms with E-state index in [0.29, 0.717) is 12.6 Å². The van der Waals surface area contributed by atoms with Crippen LogP contribution in [0.5, 0.6) is 0 Å². The van der Waals surface area contributed by atoms with Crippen molar-refractivity contribution in [3.63, 3.8) is 0 Å². The van der Waals surface area contributed by atoms with Crippen molar-refractivity contribution in [2.24, 2.45) is 4.99 Å². The molecule has 1 saturated carbocycles. The van der Waals surface area contributed by atoms with Crippen LogP contribution in [0.25, 0.3) is 0 Å². The number of likely N-dealkylation sites (N-methyl/N-ethyl adjacent to an activating group) is 1. The van der Waals surface area contributed by atoms with Crippen LogP contribution in [0.1, 0.15) is 25.3 Å². The van der Waals surface area contributed by atoms with Crippen LogP contribution in [0.4, 0.5) is 5.82 Å². The maximum absolute atomic E-state index is 4.70. The van der Waals surface area contributed by atoms with E-state index in [4.69, 9.17) is 4.99 Å². The van der Waals surface area contributed by atoms with E-state index in [2.05, 4.69) is 51.5 Å². The molecule has 0 atom stereocenters. The standard InChI is InChI=1S/C17H28N6/c1-3-18-17(21-15-4-5-15)20-13-14-6-7-19-16(12-14)23-10-8-22(2)9-11-23/h6-7,12,15H,3-5,8-11,13H2,1-2H3,(H2,18,20,21). The fraction of sp³-hybridized carbons (Fsp3) is 0.647. The molecular formula is C17H28N6. The minimum Gasteiger partial charge on any atom is -0.357 e. The molecular weight excluding hydrogens is 288 g/mol. The molecule has 126 valence electrons. The third-order valence-electron chi connectivity index (χ3n) is 4.32. The number of aromatic nitrogens is 1. The zero-order chi connectivity index (χ0) is 16.1. The minimum absolute atomic E-state index is 0.617. The Bertz CT molecular complexity index is 532. The predicted octanol–water partition coefficient (Wildman–Crippen LogP) is 1.05. The van der Waals surface area contributed by atoms with E-state index >= 15 is 0 Å². The van der Waals surface area contributed by atoms with Crippen LogP contribution in [0.2, 0.25) is 0 Å². The van der Waals surface area contributed by atoms with E-state index in [1.165, 1.54) is 18.4 Å². The average molecular weight is 316 g/mol. The van der Waals surface area contributed by atoms with Crippen LogP contribution < -0.4 is 15.5 Å². The van der Waals surface area contributed by atoms with Crippen LogP contribution >= 0.6 is 0 Å². The van der Waals surface area contributed by atoms with Crippen molar-refractivity contribution in [3.05, 3.63) is 23.9 Å². The summed E-state index contributed by atoms with van der Waals surface area (Å²) in [7, 11) is 2.17. The fourth-order valence-corrected chi connectivity index (χ4v) is 2.68. The highest BCUT2D eigenvalue weighted by Gasteiger charge is 2.22. The zero-order valence-corrected chi connectivity index (χ0v) is 14.3. The summed E-state index contributed by atoms with van der Waals surface area (Å²) in [5.41, 5.74) is 1.21. The Hall–Kier alpha value is -1.82. The molecule has 2 fully saturated rings. The van der Waals surface area contributed by atoms with Gasteiger partial charge in [-0.2, -0.15) is 0 Å². The van der Waals surface area contributed by atoms with Crippen LogP contribution in [0.3, 0.4) is 0 Å². The lowest BCUT2D eigenvalue weighted by Crippen LogP contribution is -2.44. The summed E-state index contributed by atoms with van der Waals surface area (Å²) in [5, 5.41) is 6.77. The Kier molecular flexibility index (Phi) is 5.33. The van der Waals surface area contributed by atoms with Gasteiger partial charge in [-0.25, -0.2) is 9.98 Å². The number of nitrogens with one attached hydrogen (secondary N) is 2. The van der Waals surface area contributed by atoms with E-state index in [1.54, 1.807) is 0 Å². The highest BCUT2D eigenvalue weighted by atomic mass is 15.3. The quantitative estimate of drug-likeness (QED) is 0.628. The maximum atomic E-state index is 4.70. The number of rotatable bonds is 5. The van der Waals surface area contributed by atoms with E-state index in [1.807, 2.05) is 6.20 Å². The van der Waals surface area contributed by atoms with Gasteiger partial charge in [0.15, 0.2) is 5.96 Å². The number of hydrogen-bond donors (Lipinski definition) is 2. The maximum Gasteiger partial charge on any atom is 0.191 e. The first-order chi connectivity index (χ1) is 11.2. The summed E-state index contributed by atoms with van der Waals surface area (Å²) >= 11 is 0. The fourth-order valence-electron chi connectivity index (χ4n) is 2.68. The monoisotopic (exact) mass is 316 g/mol. The SMILES string of the molecule is CCNC(=NCc1ccnc(N2CCN(C)CC2)c1)NC1CC1. The van der Waals surface area contributed by atoms with E-state index in [-0.39, 0.29) is 0 Å². The van der Waals surface area contributed by atoms with Gasteiger partial charge in [-0.05, 0) is 44.5 Å². The molecule has 2 heterocycles. The number of anilines is 1. The number of hydrogen-bond acceptors (Lipinski definition) is 4. The first kappa shape index (κ1) is 16.1. The molecule has 0 radical (unpaired) electrons. The largest absolute Gasteiger partial charge is 0.357 e. The molecule has 0 bridgehead atoms. The van der Waals surface area contributed by atoms with Crippen molar-refractivity contribution in [1.82, 2.24) is 20.5 Å². The Morgan fingerprint density at radius 3 is 2.78 bits per heavy atom. The predicted molar refractivity (Wildman–Crippen MR) is 94.9 cm³/mol. The van der Waals surface area contributed by atoms with Crippen molar-refractivity contribution < 1.29 is 0 Å². The Labute approximate surface area is 139 Å².